The highest BCUT2D eigenvalue weighted by atomic mass is 32.2. The molecular formula is C33H31F6N3O9S. The van der Waals surface area contributed by atoms with Gasteiger partial charge in [0.2, 0.25) is 21.8 Å². The number of rotatable bonds is 10. The summed E-state index contributed by atoms with van der Waals surface area (Å²) < 4.78 is 106. The summed E-state index contributed by atoms with van der Waals surface area (Å²) in [5.74, 6) is -7.61. The minimum absolute atomic E-state index is 0.0203. The molecule has 2 aliphatic heterocycles. The predicted octanol–water partition coefficient (Wildman–Crippen LogP) is 3.77. The molecule has 0 aromatic heterocycles. The second-order valence-electron chi connectivity index (χ2n) is 11.7. The Morgan fingerprint density at radius 1 is 0.885 bits per heavy atom. The number of likely N-dealkylation sites (N-methyl/N-ethyl adjacent to an activating group) is 1. The van der Waals surface area contributed by atoms with Crippen molar-refractivity contribution >= 4 is 33.8 Å². The number of hydrogen-bond acceptors (Lipinski definition) is 9. The molecule has 0 radical (unpaired) electrons. The number of nitrogens with zero attached hydrogens (tertiary/aromatic N) is 2. The molecular weight excluding hydrogens is 728 g/mol. The molecule has 19 heteroatoms. The standard InChI is InChI=1S/C31H30F3N3O7S.C2HF3O2/c1-36(45(41,42)23-15-13-22(14-16-23)44-31(32,33)34)19-24-25-26(28(39)37(27(25)38)18-21-11-7-4-8-12-21)30(35-24,29(40)43-2)17-20-9-5-3-6-10-20;3-2(4,5)1(6)7/h3-16,24-26,35H,17-19H2,1-2H3;(H,6,7)/t24-,25+,26-,30-;/m1./s1. The third kappa shape index (κ3) is 8.71. The van der Waals surface area contributed by atoms with Crippen LogP contribution in [0, 0.1) is 11.8 Å². The maximum Gasteiger partial charge on any atom is 0.573 e. The van der Waals surface area contributed by atoms with E-state index in [0.717, 1.165) is 33.5 Å². The normalized spacial score (nSPS) is 21.7. The van der Waals surface area contributed by atoms with Crippen molar-refractivity contribution in [3.63, 3.8) is 0 Å². The Balaban J connectivity index is 0.000000785. The maximum atomic E-state index is 14.0. The van der Waals surface area contributed by atoms with Gasteiger partial charge in [-0.25, -0.2) is 13.2 Å². The number of imide groups is 1. The van der Waals surface area contributed by atoms with Gasteiger partial charge in [0.05, 0.1) is 30.4 Å². The van der Waals surface area contributed by atoms with E-state index in [1.165, 1.54) is 14.2 Å². The number of carbonyl (C=O) groups is 4. The smallest absolute Gasteiger partial charge is 0.475 e. The topological polar surface area (TPSA) is 160 Å². The van der Waals surface area contributed by atoms with Crippen LogP contribution in [0.4, 0.5) is 26.3 Å². The minimum Gasteiger partial charge on any atom is -0.475 e. The summed E-state index contributed by atoms with van der Waals surface area (Å²) in [7, 11) is -1.89. The zero-order valence-corrected chi connectivity index (χ0v) is 28.0. The van der Waals surface area contributed by atoms with E-state index in [2.05, 4.69) is 10.1 Å². The van der Waals surface area contributed by atoms with Crippen LogP contribution in [0.3, 0.4) is 0 Å². The van der Waals surface area contributed by atoms with Crippen LogP contribution in [0.15, 0.2) is 89.8 Å². The van der Waals surface area contributed by atoms with Gasteiger partial charge >= 0.3 is 24.5 Å². The summed E-state index contributed by atoms with van der Waals surface area (Å²) in [6.45, 7) is -0.392. The van der Waals surface area contributed by atoms with Gasteiger partial charge in [-0.1, -0.05) is 60.7 Å². The number of carbonyl (C=O) groups excluding carboxylic acids is 3. The summed E-state index contributed by atoms with van der Waals surface area (Å²) in [6.07, 6.45) is -10.1. The van der Waals surface area contributed by atoms with Gasteiger partial charge in [-0.2, -0.15) is 17.5 Å². The summed E-state index contributed by atoms with van der Waals surface area (Å²) in [5, 5.41) is 10.3. The van der Waals surface area contributed by atoms with Crippen LogP contribution >= 0.6 is 0 Å². The number of halogens is 6. The first kappa shape index (κ1) is 39.8. The second-order valence-corrected chi connectivity index (χ2v) is 13.8. The lowest BCUT2D eigenvalue weighted by Crippen LogP contribution is -2.59. The summed E-state index contributed by atoms with van der Waals surface area (Å²) in [4.78, 5) is 51.3. The number of hydrogen-bond donors (Lipinski definition) is 2. The van der Waals surface area contributed by atoms with Gasteiger partial charge in [0.1, 0.15) is 11.3 Å². The van der Waals surface area contributed by atoms with Gasteiger partial charge in [0.15, 0.2) is 0 Å². The van der Waals surface area contributed by atoms with Crippen molar-refractivity contribution in [1.82, 2.24) is 14.5 Å². The lowest BCUT2D eigenvalue weighted by Gasteiger charge is -2.33. The molecule has 0 aliphatic carbocycles. The van der Waals surface area contributed by atoms with Gasteiger partial charge in [-0.15, -0.1) is 13.2 Å². The lowest BCUT2D eigenvalue weighted by molar-refractivity contribution is -0.274. The number of benzene rings is 3. The number of alkyl halides is 6. The molecule has 5 rings (SSSR count). The molecule has 2 fully saturated rings. The van der Waals surface area contributed by atoms with Gasteiger partial charge in [-0.3, -0.25) is 24.6 Å². The number of aliphatic carboxylic acids is 1. The number of carboxylic acids is 1. The van der Waals surface area contributed by atoms with E-state index in [1.54, 1.807) is 60.7 Å². The number of nitrogens with one attached hydrogen (secondary N) is 1. The van der Waals surface area contributed by atoms with Crippen LogP contribution in [0.25, 0.3) is 0 Å². The van der Waals surface area contributed by atoms with E-state index in [0.29, 0.717) is 11.1 Å². The van der Waals surface area contributed by atoms with Gasteiger partial charge in [0, 0.05) is 26.1 Å². The molecule has 2 amide bonds. The summed E-state index contributed by atoms with van der Waals surface area (Å²) >= 11 is 0. The van der Waals surface area contributed by atoms with Crippen molar-refractivity contribution < 1.29 is 68.5 Å². The molecule has 0 spiro atoms. The highest BCUT2D eigenvalue weighted by Gasteiger charge is 2.68. The summed E-state index contributed by atoms with van der Waals surface area (Å²) in [6, 6.07) is 20.4. The monoisotopic (exact) mass is 759 g/mol. The number of sulfonamides is 1. The van der Waals surface area contributed by atoms with Crippen LogP contribution < -0.4 is 10.1 Å². The number of likely N-dealkylation sites (tertiary alicyclic amines) is 1. The first-order valence-corrected chi connectivity index (χ1v) is 16.6. The van der Waals surface area contributed by atoms with Crippen molar-refractivity contribution in [3.05, 3.63) is 96.1 Å². The Hall–Kier alpha value is -5.01. The van der Waals surface area contributed by atoms with Gasteiger partial charge in [0.25, 0.3) is 0 Å². The van der Waals surface area contributed by atoms with E-state index < -0.39 is 75.5 Å². The van der Waals surface area contributed by atoms with Crippen LogP contribution in [0.5, 0.6) is 5.75 Å². The van der Waals surface area contributed by atoms with E-state index in [4.69, 9.17) is 14.6 Å². The predicted molar refractivity (Wildman–Crippen MR) is 167 cm³/mol. The maximum absolute atomic E-state index is 14.0. The molecule has 2 heterocycles. The Kier molecular flexibility index (Phi) is 11.7. The number of esters is 1. The van der Waals surface area contributed by atoms with Crippen LogP contribution in [-0.4, -0.2) is 91.3 Å². The number of methoxy groups -OCH3 is 1. The van der Waals surface area contributed by atoms with Crippen LogP contribution in [0.1, 0.15) is 11.1 Å². The van der Waals surface area contributed by atoms with E-state index >= 15 is 0 Å². The highest BCUT2D eigenvalue weighted by molar-refractivity contribution is 7.89. The van der Waals surface area contributed by atoms with Crippen molar-refractivity contribution in [2.45, 2.75) is 42.0 Å². The van der Waals surface area contributed by atoms with Crippen molar-refractivity contribution in [2.24, 2.45) is 11.8 Å². The third-order valence-corrected chi connectivity index (χ3v) is 10.2. The fourth-order valence-corrected chi connectivity index (χ4v) is 7.35. The van der Waals surface area contributed by atoms with Gasteiger partial charge < -0.3 is 14.6 Å². The molecule has 280 valence electrons. The molecule has 3 aromatic carbocycles. The molecule has 52 heavy (non-hydrogen) atoms. The number of amides is 2. The highest BCUT2D eigenvalue weighted by Crippen LogP contribution is 2.46. The largest absolute Gasteiger partial charge is 0.573 e. The quantitative estimate of drug-likeness (QED) is 0.177. The first-order valence-electron chi connectivity index (χ1n) is 15.1. The van der Waals surface area contributed by atoms with Crippen molar-refractivity contribution in [1.29, 1.82) is 0 Å². The Morgan fingerprint density at radius 3 is 1.88 bits per heavy atom. The molecule has 0 saturated carbocycles. The zero-order valence-electron chi connectivity index (χ0n) is 27.2. The first-order chi connectivity index (χ1) is 24.2. The van der Waals surface area contributed by atoms with Crippen molar-refractivity contribution in [3.8, 4) is 5.75 Å². The van der Waals surface area contributed by atoms with E-state index in [9.17, 15) is 49.1 Å². The third-order valence-electron chi connectivity index (χ3n) is 8.37. The average molecular weight is 760 g/mol. The number of ether oxygens (including phenoxy) is 2. The molecule has 2 saturated heterocycles. The Bertz CT molecular complexity index is 1880. The molecule has 12 nitrogen and oxygen atoms in total. The Morgan fingerprint density at radius 2 is 1.40 bits per heavy atom. The molecule has 4 atom stereocenters. The fourth-order valence-electron chi connectivity index (χ4n) is 6.15. The molecule has 3 aromatic rings. The lowest BCUT2D eigenvalue weighted by atomic mass is 9.76. The number of fused-ring (bicyclic) bond motifs is 1. The Labute approximate surface area is 293 Å². The molecule has 2 N–H and O–H groups in total. The van der Waals surface area contributed by atoms with Gasteiger partial charge in [-0.05, 0) is 35.4 Å². The van der Waals surface area contributed by atoms with Crippen LogP contribution in [0.2, 0.25) is 0 Å². The summed E-state index contributed by atoms with van der Waals surface area (Å²) in [5.41, 5.74) is -0.336. The second kappa shape index (κ2) is 15.3. The molecule has 2 aliphatic rings. The molecule has 0 unspecified atom stereocenters. The van der Waals surface area contributed by atoms with Crippen LogP contribution in [-0.2, 0) is 46.9 Å². The fraction of sp³-hybridized carbons (Fsp3) is 0.333. The average Bonchev–Trinajstić information content (AvgIpc) is 3.53. The number of carboxylic acid groups (broad SMARTS) is 1. The minimum atomic E-state index is -5.08. The molecule has 0 bridgehead atoms. The van der Waals surface area contributed by atoms with E-state index in [-0.39, 0.29) is 24.4 Å². The van der Waals surface area contributed by atoms with E-state index in [1.807, 2.05) is 0 Å². The SMILES string of the molecule is COC(=O)[C@]1(Cc2ccccc2)N[C@H](CN(C)S(=O)(=O)c2ccc(OC(F)(F)F)cc2)[C@@H]2C(=O)N(Cc3ccccc3)C(=O)[C@@H]21.O=C(O)C(F)(F)F. The van der Waals surface area contributed by atoms with Crippen molar-refractivity contribution in [2.75, 3.05) is 20.7 Å². The zero-order chi connectivity index (χ0) is 38.6.